The number of halogens is 3. The highest BCUT2D eigenvalue weighted by atomic mass is 31.0. The van der Waals surface area contributed by atoms with Crippen LogP contribution >= 0.6 is 9.24 Å². The summed E-state index contributed by atoms with van der Waals surface area (Å²) in [6.07, 6.45) is -0.325. The van der Waals surface area contributed by atoms with Crippen molar-refractivity contribution in [1.82, 2.24) is 9.96 Å². The van der Waals surface area contributed by atoms with E-state index in [1.165, 1.54) is 11.1 Å². The van der Waals surface area contributed by atoms with Crippen molar-refractivity contribution < 1.29 is 23.2 Å². The molecule has 4 rings (SSSR count). The molecule has 2 aromatic carbocycles. The van der Waals surface area contributed by atoms with E-state index in [-0.39, 0.29) is 17.9 Å². The van der Waals surface area contributed by atoms with Gasteiger partial charge < -0.3 is 10.2 Å². The zero-order valence-corrected chi connectivity index (χ0v) is 22.3. The number of fused-ring (bicyclic) bond motifs is 1. The van der Waals surface area contributed by atoms with Crippen LogP contribution in [0.25, 0.3) is 0 Å². The van der Waals surface area contributed by atoms with Gasteiger partial charge in [-0.15, -0.1) is 9.24 Å². The third kappa shape index (κ3) is 6.16. The molecule has 6 nitrogen and oxygen atoms in total. The normalized spacial score (nSPS) is 16.6. The van der Waals surface area contributed by atoms with Gasteiger partial charge in [0.25, 0.3) is 5.91 Å². The van der Waals surface area contributed by atoms with Crippen LogP contribution in [0.3, 0.4) is 0 Å². The molecule has 198 valence electrons. The molecule has 1 unspecified atom stereocenters. The highest BCUT2D eigenvalue weighted by molar-refractivity contribution is 7.28. The highest BCUT2D eigenvalue weighted by Gasteiger charge is 2.33. The molecule has 2 aromatic rings. The maximum Gasteiger partial charge on any atom is 0.416 e. The summed E-state index contributed by atoms with van der Waals surface area (Å²) in [5.41, 5.74) is 2.96. The molecule has 37 heavy (non-hydrogen) atoms. The molecule has 1 atom stereocenters. The summed E-state index contributed by atoms with van der Waals surface area (Å²) >= 11 is 0. The summed E-state index contributed by atoms with van der Waals surface area (Å²) in [7, 11) is 2.36. The smallest absolute Gasteiger partial charge is 0.355 e. The number of hydrogen-bond acceptors (Lipinski definition) is 4. The second-order valence-corrected chi connectivity index (χ2v) is 10.3. The first-order valence-electron chi connectivity index (χ1n) is 12.4. The second-order valence-electron chi connectivity index (χ2n) is 9.72. The molecule has 0 spiro atoms. The number of hydrogen-bond donors (Lipinski definition) is 2. The molecule has 10 heteroatoms. The molecule has 0 saturated heterocycles. The van der Waals surface area contributed by atoms with Crippen molar-refractivity contribution in [2.24, 2.45) is 10.9 Å². The van der Waals surface area contributed by atoms with Crippen LogP contribution in [0, 0.1) is 5.92 Å². The molecule has 2 aliphatic rings. The molecule has 1 saturated carbocycles. The minimum Gasteiger partial charge on any atom is -0.355 e. The van der Waals surface area contributed by atoms with Gasteiger partial charge in [0.15, 0.2) is 0 Å². The lowest BCUT2D eigenvalue weighted by Crippen LogP contribution is -2.38. The van der Waals surface area contributed by atoms with Crippen LogP contribution in [0.1, 0.15) is 50.3 Å². The van der Waals surface area contributed by atoms with Crippen LogP contribution in [0.15, 0.2) is 53.2 Å². The molecule has 2 N–H and O–H groups in total. The number of nitrogens with one attached hydrogen (secondary N) is 1. The van der Waals surface area contributed by atoms with E-state index in [4.69, 9.17) is 0 Å². The van der Waals surface area contributed by atoms with Crippen molar-refractivity contribution in [3.8, 4) is 0 Å². The molecule has 0 radical (unpaired) electrons. The van der Waals surface area contributed by atoms with Crippen LogP contribution in [0.5, 0.6) is 0 Å². The Hall–Kier alpha value is -2.90. The summed E-state index contributed by atoms with van der Waals surface area (Å²) in [6, 6.07) is 9.37. The Labute approximate surface area is 217 Å². The summed E-state index contributed by atoms with van der Waals surface area (Å²) < 4.78 is 39.1. The number of aliphatic imine (C=N–C) groups is 1. The Bertz CT molecular complexity index is 1240. The fraction of sp³-hybridized carbons (Fsp3) is 0.407. The third-order valence-electron chi connectivity index (χ3n) is 6.57. The van der Waals surface area contributed by atoms with Gasteiger partial charge in [0, 0.05) is 30.4 Å². The van der Waals surface area contributed by atoms with Crippen molar-refractivity contribution in [2.45, 2.75) is 58.8 Å². The molecule has 1 fully saturated rings. The minimum absolute atomic E-state index is 0.0455. The molecule has 1 aliphatic heterocycles. The number of rotatable bonds is 6. The number of allylic oxidation sites excluding steroid dienone is 1. The monoisotopic (exact) mass is 532 g/mol. The Morgan fingerprint density at radius 1 is 1.24 bits per heavy atom. The topological polar surface area (TPSA) is 68.2 Å². The second kappa shape index (κ2) is 10.8. The van der Waals surface area contributed by atoms with Crippen LogP contribution in [-0.2, 0) is 23.9 Å². The first kappa shape index (κ1) is 27.1. The quantitative estimate of drug-likeness (QED) is 0.166. The highest BCUT2D eigenvalue weighted by Crippen LogP contribution is 2.33. The lowest BCUT2D eigenvalue weighted by Gasteiger charge is -2.31. The SMILES string of the molecule is C/C=C(\N=C(C(C)C)N(O)C1CC1)C(=O)N1CCc2c(cccc2Nc2ccc(C(F)(F)F)cc2P)C1. The number of benzene rings is 2. The van der Waals surface area contributed by atoms with Gasteiger partial charge in [0.05, 0.1) is 11.6 Å². The van der Waals surface area contributed by atoms with E-state index in [0.717, 1.165) is 41.8 Å². The first-order chi connectivity index (χ1) is 17.5. The van der Waals surface area contributed by atoms with E-state index < -0.39 is 11.7 Å². The zero-order valence-electron chi connectivity index (χ0n) is 21.1. The predicted molar refractivity (Wildman–Crippen MR) is 142 cm³/mol. The van der Waals surface area contributed by atoms with Crippen LogP contribution in [0.4, 0.5) is 24.5 Å². The summed E-state index contributed by atoms with van der Waals surface area (Å²) in [5, 5.41) is 15.4. The molecule has 0 bridgehead atoms. The van der Waals surface area contributed by atoms with E-state index in [1.54, 1.807) is 17.9 Å². The predicted octanol–water partition coefficient (Wildman–Crippen LogP) is 5.65. The Morgan fingerprint density at radius 2 is 1.97 bits per heavy atom. The van der Waals surface area contributed by atoms with Crippen molar-refractivity contribution in [3.63, 3.8) is 0 Å². The molecule has 1 aliphatic carbocycles. The van der Waals surface area contributed by atoms with Gasteiger partial charge in [-0.05, 0) is 66.9 Å². The maximum absolute atomic E-state index is 13.4. The van der Waals surface area contributed by atoms with Gasteiger partial charge in [-0.3, -0.25) is 10.0 Å². The Balaban J connectivity index is 1.52. The number of hydroxylamine groups is 2. The largest absolute Gasteiger partial charge is 0.416 e. The summed E-state index contributed by atoms with van der Waals surface area (Å²) in [6.45, 7) is 6.49. The molecule has 1 amide bonds. The lowest BCUT2D eigenvalue weighted by molar-refractivity contribution is -0.137. The Kier molecular flexibility index (Phi) is 7.95. The molecule has 0 aromatic heterocycles. The van der Waals surface area contributed by atoms with E-state index in [2.05, 4.69) is 19.5 Å². The molecular weight excluding hydrogens is 500 g/mol. The molecular formula is C27H32F3N4O2P. The van der Waals surface area contributed by atoms with Gasteiger partial charge in [-0.25, -0.2) is 10.1 Å². The van der Waals surface area contributed by atoms with Gasteiger partial charge in [0.1, 0.15) is 11.5 Å². The van der Waals surface area contributed by atoms with E-state index >= 15 is 0 Å². The van der Waals surface area contributed by atoms with Gasteiger partial charge >= 0.3 is 6.18 Å². The zero-order chi connectivity index (χ0) is 26.9. The van der Waals surface area contributed by atoms with E-state index in [0.29, 0.717) is 42.0 Å². The maximum atomic E-state index is 13.4. The fourth-order valence-electron chi connectivity index (χ4n) is 4.37. The summed E-state index contributed by atoms with van der Waals surface area (Å²) in [4.78, 5) is 19.7. The first-order valence-corrected chi connectivity index (χ1v) is 12.9. The fourth-order valence-corrected chi connectivity index (χ4v) is 4.72. The van der Waals surface area contributed by atoms with Crippen molar-refractivity contribution in [2.75, 3.05) is 11.9 Å². The van der Waals surface area contributed by atoms with Gasteiger partial charge in [-0.1, -0.05) is 32.1 Å². The number of carbonyl (C=O) groups excluding carboxylic acids is 1. The molecule has 1 heterocycles. The third-order valence-corrected chi connectivity index (χ3v) is 7.05. The van der Waals surface area contributed by atoms with Gasteiger partial charge in [-0.2, -0.15) is 13.2 Å². The lowest BCUT2D eigenvalue weighted by atomic mass is 9.97. The Morgan fingerprint density at radius 3 is 2.57 bits per heavy atom. The van der Waals surface area contributed by atoms with Gasteiger partial charge in [0.2, 0.25) is 0 Å². The van der Waals surface area contributed by atoms with Crippen molar-refractivity contribution in [3.05, 3.63) is 64.9 Å². The van der Waals surface area contributed by atoms with Crippen molar-refractivity contribution >= 4 is 37.7 Å². The number of amidine groups is 1. The van der Waals surface area contributed by atoms with Crippen LogP contribution in [0.2, 0.25) is 0 Å². The average Bonchev–Trinajstić information content (AvgIpc) is 3.70. The van der Waals surface area contributed by atoms with E-state index in [9.17, 15) is 23.2 Å². The number of nitrogens with zero attached hydrogens (tertiary/aromatic N) is 3. The average molecular weight is 533 g/mol. The number of amides is 1. The number of anilines is 2. The minimum atomic E-state index is -4.40. The number of alkyl halides is 3. The van der Waals surface area contributed by atoms with E-state index in [1.807, 2.05) is 32.0 Å². The van der Waals surface area contributed by atoms with Crippen molar-refractivity contribution in [1.29, 1.82) is 0 Å². The number of carbonyl (C=O) groups is 1. The van der Waals surface area contributed by atoms with Crippen LogP contribution < -0.4 is 10.6 Å². The summed E-state index contributed by atoms with van der Waals surface area (Å²) in [5.74, 6) is 0.234. The van der Waals surface area contributed by atoms with Crippen LogP contribution in [-0.4, -0.2) is 39.5 Å². The standard InChI is InChI=1S/C27H32F3N4O2P/c1-4-21(32-25(16(2)3)34(36)19-9-10-19)26(35)33-13-12-20-17(15-33)6-5-7-22(20)31-23-11-8-18(14-24(23)37)27(28,29)30/h4-8,11,14,16,19,31,36H,9-10,12-13,15,37H2,1-3H3/b21-4-,32-25?.